The standard InChI is InChI=1S/C8H15N.2C5H12.C2H6/c1-4-7-8(5-2)9-6-3;1-4-5(2)3;1-3-5-4-2;1-2/h5-6H,4,7H2,1-3H3;5H,4H2,1-3H3;3-5H2,1-2H3;1-2H3/b8-5-,9-6?;;;. The Bertz CT molecular complexity index is 188. The molecule has 0 spiro atoms. The average molecular weight is 300 g/mol. The summed E-state index contributed by atoms with van der Waals surface area (Å²) in [7, 11) is 0. The Morgan fingerprint density at radius 3 is 1.48 bits per heavy atom. The number of aliphatic imine (C=N–C) groups is 1. The molecule has 0 unspecified atom stereocenters. The van der Waals surface area contributed by atoms with Crippen LogP contribution in [0, 0.1) is 5.92 Å². The fourth-order valence-electron chi connectivity index (χ4n) is 1.06. The zero-order valence-electron chi connectivity index (χ0n) is 16.9. The van der Waals surface area contributed by atoms with Gasteiger partial charge in [0.05, 0.1) is 0 Å². The van der Waals surface area contributed by atoms with E-state index in [0.29, 0.717) is 0 Å². The van der Waals surface area contributed by atoms with Gasteiger partial charge in [-0.1, -0.05) is 93.6 Å². The van der Waals surface area contributed by atoms with Gasteiger partial charge < -0.3 is 0 Å². The third-order valence-corrected chi connectivity index (χ3v) is 2.66. The Balaban J connectivity index is -0.000000104. The highest BCUT2D eigenvalue weighted by Crippen LogP contribution is 2.04. The number of hydrogen-bond donors (Lipinski definition) is 0. The highest BCUT2D eigenvalue weighted by Gasteiger charge is 1.86. The van der Waals surface area contributed by atoms with E-state index in [4.69, 9.17) is 0 Å². The van der Waals surface area contributed by atoms with Crippen molar-refractivity contribution in [3.63, 3.8) is 0 Å². The van der Waals surface area contributed by atoms with E-state index in [1.165, 1.54) is 37.8 Å². The van der Waals surface area contributed by atoms with E-state index >= 15 is 0 Å². The molecule has 0 aliphatic rings. The van der Waals surface area contributed by atoms with Crippen molar-refractivity contribution in [1.82, 2.24) is 0 Å². The Morgan fingerprint density at radius 2 is 1.33 bits per heavy atom. The van der Waals surface area contributed by atoms with Crippen molar-refractivity contribution in [3.8, 4) is 0 Å². The molecule has 1 heteroatoms. The second-order valence-electron chi connectivity index (χ2n) is 5.07. The molecule has 0 aliphatic carbocycles. The smallest absolute Gasteiger partial charge is 0.0356 e. The van der Waals surface area contributed by atoms with Gasteiger partial charge in [0, 0.05) is 11.9 Å². The fourth-order valence-corrected chi connectivity index (χ4v) is 1.06. The van der Waals surface area contributed by atoms with Gasteiger partial charge in [0.2, 0.25) is 0 Å². The molecule has 0 radical (unpaired) electrons. The van der Waals surface area contributed by atoms with Gasteiger partial charge in [0.25, 0.3) is 0 Å². The summed E-state index contributed by atoms with van der Waals surface area (Å²) in [5.41, 5.74) is 1.19. The van der Waals surface area contributed by atoms with Gasteiger partial charge in [-0.15, -0.1) is 0 Å². The first kappa shape index (κ1) is 28.6. The second kappa shape index (κ2) is 31.7. The highest BCUT2D eigenvalue weighted by atomic mass is 14.7. The summed E-state index contributed by atoms with van der Waals surface area (Å²) >= 11 is 0. The molecule has 0 heterocycles. The van der Waals surface area contributed by atoms with Crippen LogP contribution in [0.2, 0.25) is 0 Å². The van der Waals surface area contributed by atoms with Gasteiger partial charge in [0.15, 0.2) is 0 Å². The van der Waals surface area contributed by atoms with Crippen LogP contribution < -0.4 is 0 Å². The minimum atomic E-state index is 0.884. The molecule has 0 aromatic carbocycles. The van der Waals surface area contributed by atoms with Crippen molar-refractivity contribution in [3.05, 3.63) is 11.8 Å². The predicted molar refractivity (Wildman–Crippen MR) is 105 cm³/mol. The molecule has 130 valence electrons. The highest BCUT2D eigenvalue weighted by molar-refractivity contribution is 5.55. The minimum Gasteiger partial charge on any atom is -0.266 e. The van der Waals surface area contributed by atoms with Crippen molar-refractivity contribution in [1.29, 1.82) is 0 Å². The van der Waals surface area contributed by atoms with Gasteiger partial charge in [0.1, 0.15) is 0 Å². The summed E-state index contributed by atoms with van der Waals surface area (Å²) in [4.78, 5) is 4.17. The molecule has 0 fully saturated rings. The van der Waals surface area contributed by atoms with Crippen LogP contribution in [0.25, 0.3) is 0 Å². The lowest BCUT2D eigenvalue weighted by Crippen LogP contribution is -1.77. The maximum Gasteiger partial charge on any atom is 0.0356 e. The number of allylic oxidation sites excluding steroid dienone is 2. The Labute approximate surface area is 137 Å². The molecule has 0 atom stereocenters. The molecule has 0 aliphatic heterocycles. The van der Waals surface area contributed by atoms with Crippen LogP contribution in [0.3, 0.4) is 0 Å². The van der Waals surface area contributed by atoms with Crippen molar-refractivity contribution in [2.24, 2.45) is 10.9 Å². The van der Waals surface area contributed by atoms with Crippen LogP contribution in [-0.4, -0.2) is 6.21 Å². The van der Waals surface area contributed by atoms with E-state index in [0.717, 1.165) is 12.3 Å². The molecule has 0 aromatic heterocycles. The van der Waals surface area contributed by atoms with Crippen LogP contribution >= 0.6 is 0 Å². The molecule has 0 saturated carbocycles. The van der Waals surface area contributed by atoms with Crippen molar-refractivity contribution in [2.75, 3.05) is 0 Å². The summed E-state index contributed by atoms with van der Waals surface area (Å²) in [6.07, 6.45) is 11.6. The maximum absolute atomic E-state index is 4.17. The summed E-state index contributed by atoms with van der Waals surface area (Å²) in [5, 5.41) is 0. The van der Waals surface area contributed by atoms with E-state index in [9.17, 15) is 0 Å². The summed E-state index contributed by atoms with van der Waals surface area (Å²) in [5.74, 6) is 0.884. The van der Waals surface area contributed by atoms with E-state index in [1.807, 2.05) is 33.9 Å². The van der Waals surface area contributed by atoms with Crippen molar-refractivity contribution < 1.29 is 0 Å². The average Bonchev–Trinajstić information content (AvgIpc) is 2.51. The monoisotopic (exact) mass is 299 g/mol. The molecule has 0 N–H and O–H groups in total. The van der Waals surface area contributed by atoms with Crippen LogP contribution in [0.1, 0.15) is 108 Å². The molecular formula is C20H45N. The first-order chi connectivity index (χ1) is 10.0. The molecule has 0 saturated heterocycles. The summed E-state index contributed by atoms with van der Waals surface area (Å²) in [6.45, 7) is 21.2. The first-order valence-corrected chi connectivity index (χ1v) is 9.17. The Kier molecular flexibility index (Phi) is 43.1. The van der Waals surface area contributed by atoms with Gasteiger partial charge in [-0.3, -0.25) is 4.99 Å². The number of rotatable bonds is 6. The topological polar surface area (TPSA) is 12.4 Å². The molecule has 0 bridgehead atoms. The molecule has 1 nitrogen and oxygen atoms in total. The zero-order valence-corrected chi connectivity index (χ0v) is 16.9. The SMILES string of the molecule is CC.CC=N/C(=C\C)CCC.CCC(C)C.CCCCC. The maximum atomic E-state index is 4.17. The first-order valence-electron chi connectivity index (χ1n) is 9.17. The quantitative estimate of drug-likeness (QED) is 0.440. The Hall–Kier alpha value is -0.590. The van der Waals surface area contributed by atoms with Crippen LogP contribution in [0.5, 0.6) is 0 Å². The summed E-state index contributed by atoms with van der Waals surface area (Å²) in [6, 6.07) is 0. The zero-order chi connectivity index (χ0) is 17.5. The van der Waals surface area contributed by atoms with Crippen LogP contribution in [0.15, 0.2) is 16.8 Å². The number of hydrogen-bond acceptors (Lipinski definition) is 1. The Morgan fingerprint density at radius 1 is 0.905 bits per heavy atom. The number of unbranched alkanes of at least 4 members (excludes halogenated alkanes) is 2. The third-order valence-electron chi connectivity index (χ3n) is 2.66. The molecule has 21 heavy (non-hydrogen) atoms. The summed E-state index contributed by atoms with van der Waals surface area (Å²) < 4.78 is 0. The van der Waals surface area contributed by atoms with E-state index in [2.05, 4.69) is 52.6 Å². The van der Waals surface area contributed by atoms with Crippen molar-refractivity contribution >= 4 is 6.21 Å². The lowest BCUT2D eigenvalue weighted by atomic mass is 10.2. The molecule has 0 rings (SSSR count). The van der Waals surface area contributed by atoms with Gasteiger partial charge in [-0.05, 0) is 26.2 Å². The lowest BCUT2D eigenvalue weighted by molar-refractivity contribution is 0.626. The largest absolute Gasteiger partial charge is 0.266 e. The normalized spacial score (nSPS) is 10.1. The molecule has 0 amide bonds. The fraction of sp³-hybridized carbons (Fsp3) is 0.850. The molecular weight excluding hydrogens is 254 g/mol. The van der Waals surface area contributed by atoms with Gasteiger partial charge >= 0.3 is 0 Å². The molecule has 0 aromatic rings. The van der Waals surface area contributed by atoms with E-state index in [1.54, 1.807) is 0 Å². The van der Waals surface area contributed by atoms with Gasteiger partial charge in [-0.2, -0.15) is 0 Å². The van der Waals surface area contributed by atoms with Gasteiger partial charge in [-0.25, -0.2) is 0 Å². The van der Waals surface area contributed by atoms with Crippen LogP contribution in [0.4, 0.5) is 0 Å². The third kappa shape index (κ3) is 45.2. The number of nitrogens with zero attached hydrogens (tertiary/aromatic N) is 1. The predicted octanol–water partition coefficient (Wildman–Crippen LogP) is 8.06. The van der Waals surface area contributed by atoms with E-state index in [-0.39, 0.29) is 0 Å². The lowest BCUT2D eigenvalue weighted by Gasteiger charge is -1.94. The second-order valence-corrected chi connectivity index (χ2v) is 5.07. The van der Waals surface area contributed by atoms with Crippen LogP contribution in [-0.2, 0) is 0 Å². The van der Waals surface area contributed by atoms with E-state index < -0.39 is 0 Å². The minimum absolute atomic E-state index is 0.884. The van der Waals surface area contributed by atoms with Crippen molar-refractivity contribution in [2.45, 2.75) is 108 Å².